The van der Waals surface area contributed by atoms with Crippen molar-refractivity contribution < 1.29 is 9.90 Å². The van der Waals surface area contributed by atoms with E-state index in [9.17, 15) is 9.90 Å². The lowest BCUT2D eigenvalue weighted by molar-refractivity contribution is -0.139. The summed E-state index contributed by atoms with van der Waals surface area (Å²) >= 11 is 1.60. The van der Waals surface area contributed by atoms with Crippen LogP contribution in [-0.4, -0.2) is 27.1 Å². The molecule has 0 aromatic carbocycles. The predicted octanol–water partition coefficient (Wildman–Crippen LogP) is 3.45. The average molecular weight is 305 g/mol. The smallest absolute Gasteiger partial charge is 0.326 e. The Balaban J connectivity index is 1.88. The third-order valence-corrected chi connectivity index (χ3v) is 5.09. The molecule has 2 heterocycles. The zero-order valence-corrected chi connectivity index (χ0v) is 12.8. The largest absolute Gasteiger partial charge is 0.480 e. The first-order valence-electron chi connectivity index (χ1n) is 7.35. The number of aliphatic carboxylic acids is 1. The van der Waals surface area contributed by atoms with Gasteiger partial charge in [-0.2, -0.15) is 0 Å². The van der Waals surface area contributed by atoms with Crippen molar-refractivity contribution in [1.82, 2.24) is 9.97 Å². The fraction of sp³-hybridized carbons (Fsp3) is 0.533. The Morgan fingerprint density at radius 3 is 2.86 bits per heavy atom. The van der Waals surface area contributed by atoms with Gasteiger partial charge in [-0.15, -0.1) is 11.3 Å². The lowest BCUT2D eigenvalue weighted by Crippen LogP contribution is -2.38. The highest BCUT2D eigenvalue weighted by Gasteiger charge is 2.30. The normalized spacial score (nSPS) is 17.8. The van der Waals surface area contributed by atoms with Crippen molar-refractivity contribution in [3.63, 3.8) is 0 Å². The SMILES string of the molecule is Cc1cc2c(NC(C(=O)O)C3CCCCC3)ncnc2s1. The van der Waals surface area contributed by atoms with E-state index in [1.165, 1.54) is 12.7 Å². The Morgan fingerprint density at radius 1 is 1.38 bits per heavy atom. The number of nitrogens with one attached hydrogen (secondary N) is 1. The van der Waals surface area contributed by atoms with Crippen molar-refractivity contribution in [3.8, 4) is 0 Å². The van der Waals surface area contributed by atoms with E-state index >= 15 is 0 Å². The molecule has 2 aromatic heterocycles. The highest BCUT2D eigenvalue weighted by Crippen LogP contribution is 2.31. The maximum Gasteiger partial charge on any atom is 0.326 e. The van der Waals surface area contributed by atoms with E-state index in [-0.39, 0.29) is 5.92 Å². The molecule has 5 nitrogen and oxygen atoms in total. The summed E-state index contributed by atoms with van der Waals surface area (Å²) in [6, 6.07) is 1.45. The third-order valence-electron chi connectivity index (χ3n) is 4.13. The standard InChI is InChI=1S/C15H19N3O2S/c1-9-7-11-13(16-8-17-14(11)21-9)18-12(15(19)20)10-5-3-2-4-6-10/h7-8,10,12H,2-6H2,1H3,(H,19,20)(H,16,17,18). The Morgan fingerprint density at radius 2 is 2.14 bits per heavy atom. The van der Waals surface area contributed by atoms with Crippen LogP contribution in [0.5, 0.6) is 0 Å². The minimum Gasteiger partial charge on any atom is -0.480 e. The second-order valence-corrected chi connectivity index (χ2v) is 6.89. The molecule has 1 atom stereocenters. The molecular formula is C15H19N3O2S. The molecule has 0 saturated heterocycles. The van der Waals surface area contributed by atoms with E-state index in [0.717, 1.165) is 40.8 Å². The second-order valence-electron chi connectivity index (χ2n) is 5.66. The summed E-state index contributed by atoms with van der Waals surface area (Å²) in [6.07, 6.45) is 6.90. The number of aromatic nitrogens is 2. The van der Waals surface area contributed by atoms with Gasteiger partial charge >= 0.3 is 5.97 Å². The minimum atomic E-state index is -0.791. The van der Waals surface area contributed by atoms with Gasteiger partial charge < -0.3 is 10.4 Å². The number of carbonyl (C=O) groups is 1. The minimum absolute atomic E-state index is 0.181. The summed E-state index contributed by atoms with van der Waals surface area (Å²) in [5.41, 5.74) is 0. The molecule has 112 valence electrons. The quantitative estimate of drug-likeness (QED) is 0.905. The average Bonchev–Trinajstić information content (AvgIpc) is 2.86. The van der Waals surface area contributed by atoms with E-state index in [1.807, 2.05) is 13.0 Å². The molecule has 1 aliphatic rings. The molecular weight excluding hydrogens is 286 g/mol. The monoisotopic (exact) mass is 305 g/mol. The highest BCUT2D eigenvalue weighted by molar-refractivity contribution is 7.18. The molecule has 21 heavy (non-hydrogen) atoms. The lowest BCUT2D eigenvalue weighted by Gasteiger charge is -2.28. The zero-order chi connectivity index (χ0) is 14.8. The molecule has 2 N–H and O–H groups in total. The molecule has 0 radical (unpaired) electrons. The van der Waals surface area contributed by atoms with Crippen LogP contribution in [0.15, 0.2) is 12.4 Å². The number of carboxylic acids is 1. The van der Waals surface area contributed by atoms with Gasteiger partial charge in [0.2, 0.25) is 0 Å². The topological polar surface area (TPSA) is 75.1 Å². The van der Waals surface area contributed by atoms with Crippen LogP contribution in [0.3, 0.4) is 0 Å². The van der Waals surface area contributed by atoms with Gasteiger partial charge in [-0.25, -0.2) is 14.8 Å². The van der Waals surface area contributed by atoms with Gasteiger partial charge in [-0.3, -0.25) is 0 Å². The van der Waals surface area contributed by atoms with Crippen molar-refractivity contribution >= 4 is 33.3 Å². The van der Waals surface area contributed by atoms with Crippen molar-refractivity contribution in [2.24, 2.45) is 5.92 Å². The number of thiophene rings is 1. The van der Waals surface area contributed by atoms with Crippen LogP contribution in [0.2, 0.25) is 0 Å². The molecule has 3 rings (SSSR count). The van der Waals surface area contributed by atoms with E-state index < -0.39 is 12.0 Å². The molecule has 1 aliphatic carbocycles. The van der Waals surface area contributed by atoms with Crippen LogP contribution in [0, 0.1) is 12.8 Å². The molecule has 1 fully saturated rings. The van der Waals surface area contributed by atoms with Gasteiger partial charge in [0, 0.05) is 4.88 Å². The fourth-order valence-electron chi connectivity index (χ4n) is 3.09. The summed E-state index contributed by atoms with van der Waals surface area (Å²) in [5.74, 6) is 0.0314. The summed E-state index contributed by atoms with van der Waals surface area (Å²) < 4.78 is 0. The van der Waals surface area contributed by atoms with E-state index in [1.54, 1.807) is 11.3 Å². The van der Waals surface area contributed by atoms with E-state index in [4.69, 9.17) is 0 Å². The van der Waals surface area contributed by atoms with E-state index in [0.29, 0.717) is 5.82 Å². The highest BCUT2D eigenvalue weighted by atomic mass is 32.1. The van der Waals surface area contributed by atoms with Crippen LogP contribution in [0.4, 0.5) is 5.82 Å². The first-order valence-corrected chi connectivity index (χ1v) is 8.17. The summed E-state index contributed by atoms with van der Waals surface area (Å²) in [4.78, 5) is 22.2. The predicted molar refractivity (Wildman–Crippen MR) is 83.8 cm³/mol. The first-order chi connectivity index (χ1) is 10.1. The number of aryl methyl sites for hydroxylation is 1. The van der Waals surface area contributed by atoms with Gasteiger partial charge in [0.25, 0.3) is 0 Å². The number of hydrogen-bond acceptors (Lipinski definition) is 5. The molecule has 0 aliphatic heterocycles. The van der Waals surface area contributed by atoms with Crippen molar-refractivity contribution in [2.75, 3.05) is 5.32 Å². The lowest BCUT2D eigenvalue weighted by atomic mass is 9.84. The summed E-state index contributed by atoms with van der Waals surface area (Å²) in [5, 5.41) is 13.6. The third kappa shape index (κ3) is 3.00. The summed E-state index contributed by atoms with van der Waals surface area (Å²) in [7, 11) is 0. The molecule has 1 unspecified atom stereocenters. The van der Waals surface area contributed by atoms with Crippen LogP contribution >= 0.6 is 11.3 Å². The number of anilines is 1. The van der Waals surface area contributed by atoms with Gasteiger partial charge in [-0.1, -0.05) is 19.3 Å². The maximum absolute atomic E-state index is 11.6. The number of nitrogens with zero attached hydrogens (tertiary/aromatic N) is 2. The van der Waals surface area contributed by atoms with Crippen molar-refractivity contribution in [3.05, 3.63) is 17.3 Å². The molecule has 2 aromatic rings. The van der Waals surface area contributed by atoms with Crippen LogP contribution in [-0.2, 0) is 4.79 Å². The number of fused-ring (bicyclic) bond motifs is 1. The number of rotatable bonds is 4. The van der Waals surface area contributed by atoms with Crippen molar-refractivity contribution in [2.45, 2.75) is 45.1 Å². The Hall–Kier alpha value is -1.69. The Kier molecular flexibility index (Phi) is 4.05. The van der Waals surface area contributed by atoms with E-state index in [2.05, 4.69) is 15.3 Å². The van der Waals surface area contributed by atoms with Crippen LogP contribution in [0.25, 0.3) is 10.2 Å². The molecule has 1 saturated carbocycles. The van der Waals surface area contributed by atoms with Gasteiger partial charge in [0.1, 0.15) is 23.0 Å². The van der Waals surface area contributed by atoms with Crippen LogP contribution < -0.4 is 5.32 Å². The van der Waals surface area contributed by atoms with Gasteiger partial charge in [0.05, 0.1) is 5.39 Å². The van der Waals surface area contributed by atoms with Gasteiger partial charge in [-0.05, 0) is 31.7 Å². The maximum atomic E-state index is 11.6. The zero-order valence-electron chi connectivity index (χ0n) is 12.0. The second kappa shape index (κ2) is 5.97. The summed E-state index contributed by atoms with van der Waals surface area (Å²) in [6.45, 7) is 2.02. The first kappa shape index (κ1) is 14.3. The Labute approximate surface area is 127 Å². The molecule has 0 bridgehead atoms. The molecule has 0 amide bonds. The van der Waals surface area contributed by atoms with Gasteiger partial charge in [0.15, 0.2) is 0 Å². The number of hydrogen-bond donors (Lipinski definition) is 2. The molecule has 0 spiro atoms. The number of carboxylic acid groups (broad SMARTS) is 1. The Bertz CT molecular complexity index is 649. The molecule has 6 heteroatoms. The van der Waals surface area contributed by atoms with Crippen LogP contribution in [0.1, 0.15) is 37.0 Å². The fourth-order valence-corrected chi connectivity index (χ4v) is 3.93. The van der Waals surface area contributed by atoms with Crippen molar-refractivity contribution in [1.29, 1.82) is 0 Å².